The molecule has 11 heavy (non-hydrogen) atoms. The van der Waals surface area contributed by atoms with Gasteiger partial charge in [-0.1, -0.05) is 0 Å². The lowest BCUT2D eigenvalue weighted by Gasteiger charge is -1.96. The van der Waals surface area contributed by atoms with E-state index in [0.29, 0.717) is 0 Å². The van der Waals surface area contributed by atoms with E-state index < -0.39 is 0 Å². The number of nitrogens with two attached hydrogens (primary N) is 1. The van der Waals surface area contributed by atoms with Crippen LogP contribution in [0.2, 0.25) is 0 Å². The molecule has 0 bridgehead atoms. The van der Waals surface area contributed by atoms with Gasteiger partial charge in [-0.2, -0.15) is 5.10 Å². The maximum absolute atomic E-state index is 5.37. The van der Waals surface area contributed by atoms with E-state index >= 15 is 0 Å². The number of rotatable bonds is 4. The van der Waals surface area contributed by atoms with Gasteiger partial charge in [0.15, 0.2) is 0 Å². The van der Waals surface area contributed by atoms with Crippen molar-refractivity contribution in [3.63, 3.8) is 0 Å². The summed E-state index contributed by atoms with van der Waals surface area (Å²) in [7, 11) is 0. The van der Waals surface area contributed by atoms with E-state index in [1.54, 1.807) is 6.20 Å². The van der Waals surface area contributed by atoms with Gasteiger partial charge < -0.3 is 5.73 Å². The summed E-state index contributed by atoms with van der Waals surface area (Å²) in [6.07, 6.45) is 5.00. The Kier molecular flexibility index (Phi) is 3.59. The highest BCUT2D eigenvalue weighted by Gasteiger charge is 1.99. The molecule has 0 spiro atoms. The number of halogens is 1. The molecule has 0 fully saturated rings. The summed E-state index contributed by atoms with van der Waals surface area (Å²) in [6, 6.07) is 0. The van der Waals surface area contributed by atoms with Gasteiger partial charge >= 0.3 is 0 Å². The molecule has 1 rings (SSSR count). The zero-order valence-electron chi connectivity index (χ0n) is 6.31. The summed E-state index contributed by atoms with van der Waals surface area (Å²) < 4.78 is 1.06. The first kappa shape index (κ1) is 8.74. The minimum atomic E-state index is 0.770. The van der Waals surface area contributed by atoms with Crippen molar-refractivity contribution in [2.75, 3.05) is 6.54 Å². The third-order valence-corrected chi connectivity index (χ3v) is 2.23. The number of hydrogen-bond donors (Lipinski definition) is 2. The molecule has 3 N–H and O–H groups in total. The van der Waals surface area contributed by atoms with Crippen LogP contribution in [0.3, 0.4) is 0 Å². The van der Waals surface area contributed by atoms with E-state index in [1.807, 2.05) is 0 Å². The molecule has 1 aromatic rings. The van der Waals surface area contributed by atoms with Gasteiger partial charge in [0.2, 0.25) is 0 Å². The van der Waals surface area contributed by atoms with Crippen LogP contribution in [0.4, 0.5) is 0 Å². The van der Waals surface area contributed by atoms with Gasteiger partial charge in [-0.15, -0.1) is 0 Å². The molecular weight excluding hydrogens is 206 g/mol. The van der Waals surface area contributed by atoms with Gasteiger partial charge in [-0.25, -0.2) is 0 Å². The molecule has 0 radical (unpaired) electrons. The lowest BCUT2D eigenvalue weighted by Crippen LogP contribution is -1.99. The van der Waals surface area contributed by atoms with Crippen molar-refractivity contribution in [1.29, 1.82) is 0 Å². The molecule has 4 heteroatoms. The van der Waals surface area contributed by atoms with Crippen molar-refractivity contribution in [2.24, 2.45) is 5.73 Å². The number of hydrogen-bond acceptors (Lipinski definition) is 2. The molecule has 0 aliphatic heterocycles. The average molecular weight is 218 g/mol. The Bertz CT molecular complexity index is 209. The Hall–Kier alpha value is -0.350. The predicted molar refractivity (Wildman–Crippen MR) is 48.3 cm³/mol. The summed E-state index contributed by atoms with van der Waals surface area (Å²) in [5.41, 5.74) is 6.53. The van der Waals surface area contributed by atoms with Crippen LogP contribution in [0.25, 0.3) is 0 Å². The summed E-state index contributed by atoms with van der Waals surface area (Å²) in [5, 5.41) is 6.82. The number of nitrogens with zero attached hydrogens (tertiary/aromatic N) is 1. The Morgan fingerprint density at radius 1 is 1.55 bits per heavy atom. The molecular formula is C7H12BrN3. The van der Waals surface area contributed by atoms with Gasteiger partial charge in [0.1, 0.15) is 0 Å². The number of aromatic nitrogens is 2. The van der Waals surface area contributed by atoms with Crippen molar-refractivity contribution in [3.05, 3.63) is 16.4 Å². The fourth-order valence-corrected chi connectivity index (χ4v) is 1.31. The molecule has 0 amide bonds. The van der Waals surface area contributed by atoms with E-state index in [4.69, 9.17) is 5.73 Å². The maximum atomic E-state index is 5.37. The molecule has 0 aliphatic rings. The lowest BCUT2D eigenvalue weighted by atomic mass is 10.2. The third kappa shape index (κ3) is 2.63. The Morgan fingerprint density at radius 2 is 2.36 bits per heavy atom. The van der Waals surface area contributed by atoms with Crippen molar-refractivity contribution >= 4 is 15.9 Å². The normalized spacial score (nSPS) is 10.4. The first-order chi connectivity index (χ1) is 5.34. The third-order valence-electron chi connectivity index (χ3n) is 1.55. The molecule has 0 saturated carbocycles. The highest BCUT2D eigenvalue weighted by atomic mass is 79.9. The van der Waals surface area contributed by atoms with Crippen LogP contribution in [0.5, 0.6) is 0 Å². The fourth-order valence-electron chi connectivity index (χ4n) is 0.920. The molecule has 62 valence electrons. The highest BCUT2D eigenvalue weighted by Crippen LogP contribution is 2.14. The maximum Gasteiger partial charge on any atom is 0.0632 e. The van der Waals surface area contributed by atoms with Crippen molar-refractivity contribution in [1.82, 2.24) is 10.2 Å². The van der Waals surface area contributed by atoms with E-state index in [-0.39, 0.29) is 0 Å². The minimum Gasteiger partial charge on any atom is -0.330 e. The zero-order chi connectivity index (χ0) is 8.10. The van der Waals surface area contributed by atoms with Crippen LogP contribution in [0.1, 0.15) is 18.5 Å². The highest BCUT2D eigenvalue weighted by molar-refractivity contribution is 9.10. The summed E-state index contributed by atoms with van der Waals surface area (Å²) in [5.74, 6) is 0. The summed E-state index contributed by atoms with van der Waals surface area (Å²) in [4.78, 5) is 0. The summed E-state index contributed by atoms with van der Waals surface area (Å²) >= 11 is 3.39. The monoisotopic (exact) mass is 217 g/mol. The molecule has 0 atom stereocenters. The van der Waals surface area contributed by atoms with Crippen molar-refractivity contribution in [2.45, 2.75) is 19.3 Å². The van der Waals surface area contributed by atoms with Crippen molar-refractivity contribution < 1.29 is 0 Å². The van der Waals surface area contributed by atoms with Crippen LogP contribution in [0, 0.1) is 0 Å². The predicted octanol–water partition coefficient (Wildman–Crippen LogP) is 1.45. The van der Waals surface area contributed by atoms with E-state index in [2.05, 4.69) is 26.1 Å². The van der Waals surface area contributed by atoms with Gasteiger partial charge in [0.25, 0.3) is 0 Å². The Balaban J connectivity index is 2.32. The number of unbranched alkanes of at least 4 members (excludes halogenated alkanes) is 1. The number of aromatic amines is 1. The van der Waals surface area contributed by atoms with Gasteiger partial charge in [-0.3, -0.25) is 5.10 Å². The standard InChI is InChI=1S/C7H12BrN3/c8-6-5-10-11-7(6)3-1-2-4-9/h5H,1-4,9H2,(H,10,11). The molecule has 3 nitrogen and oxygen atoms in total. The average Bonchev–Trinajstić information content (AvgIpc) is 2.37. The molecule has 1 heterocycles. The SMILES string of the molecule is NCCCCc1[nH]ncc1Br. The molecule has 0 saturated heterocycles. The van der Waals surface area contributed by atoms with Crippen LogP contribution in [0.15, 0.2) is 10.7 Å². The van der Waals surface area contributed by atoms with Gasteiger partial charge in [-0.05, 0) is 41.7 Å². The zero-order valence-corrected chi connectivity index (χ0v) is 7.89. The largest absolute Gasteiger partial charge is 0.330 e. The Morgan fingerprint density at radius 3 is 2.91 bits per heavy atom. The van der Waals surface area contributed by atoms with Crippen LogP contribution in [-0.2, 0) is 6.42 Å². The first-order valence-corrected chi connectivity index (χ1v) is 4.51. The van der Waals surface area contributed by atoms with E-state index in [1.165, 1.54) is 5.69 Å². The topological polar surface area (TPSA) is 54.7 Å². The second-order valence-corrected chi connectivity index (χ2v) is 3.30. The van der Waals surface area contributed by atoms with Crippen LogP contribution in [-0.4, -0.2) is 16.7 Å². The minimum absolute atomic E-state index is 0.770. The van der Waals surface area contributed by atoms with Gasteiger partial charge in [0.05, 0.1) is 10.7 Å². The second kappa shape index (κ2) is 4.51. The van der Waals surface area contributed by atoms with E-state index in [9.17, 15) is 0 Å². The Labute approximate surface area is 74.5 Å². The quantitative estimate of drug-likeness (QED) is 0.751. The molecule has 0 aliphatic carbocycles. The van der Waals surface area contributed by atoms with Gasteiger partial charge in [0, 0.05) is 5.69 Å². The lowest BCUT2D eigenvalue weighted by molar-refractivity contribution is 0.728. The summed E-state index contributed by atoms with van der Waals surface area (Å²) in [6.45, 7) is 0.770. The molecule has 0 unspecified atom stereocenters. The first-order valence-electron chi connectivity index (χ1n) is 3.72. The molecule has 0 aromatic carbocycles. The van der Waals surface area contributed by atoms with Crippen molar-refractivity contribution in [3.8, 4) is 0 Å². The fraction of sp³-hybridized carbons (Fsp3) is 0.571. The smallest absolute Gasteiger partial charge is 0.0632 e. The molecule has 1 aromatic heterocycles. The number of aryl methyl sites for hydroxylation is 1. The number of nitrogens with one attached hydrogen (secondary N) is 1. The van der Waals surface area contributed by atoms with Crippen LogP contribution >= 0.6 is 15.9 Å². The van der Waals surface area contributed by atoms with Crippen LogP contribution < -0.4 is 5.73 Å². The number of H-pyrrole nitrogens is 1. The second-order valence-electron chi connectivity index (χ2n) is 2.44. The van der Waals surface area contributed by atoms with E-state index in [0.717, 1.165) is 30.3 Å².